The highest BCUT2D eigenvalue weighted by atomic mass is 79.9. The molecule has 0 radical (unpaired) electrons. The summed E-state index contributed by atoms with van der Waals surface area (Å²) in [5.41, 5.74) is 2.43. The molecule has 3 nitrogen and oxygen atoms in total. The van der Waals surface area contributed by atoms with Crippen molar-refractivity contribution in [3.05, 3.63) is 68.5 Å². The first-order valence-corrected chi connectivity index (χ1v) is 9.71. The minimum Gasteiger partial charge on any atom is -0.496 e. The molecule has 0 saturated carbocycles. The van der Waals surface area contributed by atoms with Gasteiger partial charge in [-0.25, -0.2) is 0 Å². The van der Waals surface area contributed by atoms with Crippen LogP contribution in [-0.4, -0.2) is 27.7 Å². The summed E-state index contributed by atoms with van der Waals surface area (Å²) in [6.45, 7) is -4.01. The van der Waals surface area contributed by atoms with Gasteiger partial charge in [0, 0.05) is 33.8 Å². The van der Waals surface area contributed by atoms with Gasteiger partial charge in [-0.05, 0) is 61.7 Å². The second-order valence-electron chi connectivity index (χ2n) is 5.64. The number of methoxy groups -OCH3 is 1. The first kappa shape index (κ1) is 17.2. The molecule has 9 heteroatoms. The maximum Gasteiger partial charge on any atom is 0.738 e. The van der Waals surface area contributed by atoms with Gasteiger partial charge in [0.05, 0.1) is 21.8 Å². The number of halogens is 5. The zero-order chi connectivity index (χ0) is 17.9. The third kappa shape index (κ3) is 2.43. The lowest BCUT2D eigenvalue weighted by molar-refractivity contribution is -0.358. The highest BCUT2D eigenvalue weighted by Gasteiger charge is 2.54. The molecule has 3 heterocycles. The monoisotopic (exact) mass is 532 g/mol. The number of fused-ring (bicyclic) bond motifs is 2. The fourth-order valence-corrected chi connectivity index (χ4v) is 4.79. The van der Waals surface area contributed by atoms with Crippen LogP contribution < -0.4 is 4.74 Å². The number of nitrogens with zero attached hydrogens (tertiary/aromatic N) is 2. The summed E-state index contributed by atoms with van der Waals surface area (Å²) in [5.74, 6) is 0.641. The average Bonchev–Trinajstić information content (AvgIpc) is 3.14. The lowest BCUT2D eigenvalue weighted by Crippen LogP contribution is -2.50. The molecule has 0 unspecified atom stereocenters. The maximum absolute atomic E-state index is 15.2. The van der Waals surface area contributed by atoms with Crippen molar-refractivity contribution in [3.63, 3.8) is 0 Å². The van der Waals surface area contributed by atoms with Crippen LogP contribution in [0, 0.1) is 0 Å². The van der Waals surface area contributed by atoms with Crippen molar-refractivity contribution in [1.29, 1.82) is 0 Å². The largest absolute Gasteiger partial charge is 0.738 e. The Morgan fingerprint density at radius 2 is 1.84 bits per heavy atom. The maximum atomic E-state index is 15.2. The molecule has 2 aliphatic rings. The van der Waals surface area contributed by atoms with Crippen LogP contribution in [0.4, 0.5) is 8.63 Å². The molecule has 0 bridgehead atoms. The standard InChI is InChI=1S/C16H10BBr3F2N2O/c1-25-13-8-9(2-3-10(13)18)16-11-4-6-14(19)23(11)17(21,22)24-12(16)5-7-15(24)20/h2-8H,1H3. The van der Waals surface area contributed by atoms with Crippen LogP contribution in [-0.2, 0) is 0 Å². The van der Waals surface area contributed by atoms with Crippen LogP contribution in [0.1, 0.15) is 11.3 Å². The number of ether oxygens (including phenoxy) is 1. The van der Waals surface area contributed by atoms with E-state index < -0.39 is 6.97 Å². The van der Waals surface area contributed by atoms with Crippen molar-refractivity contribution in [3.8, 4) is 5.75 Å². The van der Waals surface area contributed by atoms with E-state index in [4.69, 9.17) is 4.74 Å². The zero-order valence-corrected chi connectivity index (χ0v) is 17.6. The van der Waals surface area contributed by atoms with E-state index in [1.54, 1.807) is 31.4 Å². The van der Waals surface area contributed by atoms with Gasteiger partial charge >= 0.3 is 6.97 Å². The van der Waals surface area contributed by atoms with Gasteiger partial charge in [-0.1, -0.05) is 6.07 Å². The molecule has 1 aromatic carbocycles. The van der Waals surface area contributed by atoms with E-state index in [1.165, 1.54) is 0 Å². The summed E-state index contributed by atoms with van der Waals surface area (Å²) in [5, 5.41) is 0. The van der Waals surface area contributed by atoms with Gasteiger partial charge < -0.3 is 22.3 Å². The Balaban J connectivity index is 2.07. The van der Waals surface area contributed by atoms with E-state index in [9.17, 15) is 0 Å². The zero-order valence-electron chi connectivity index (χ0n) is 12.8. The van der Waals surface area contributed by atoms with E-state index >= 15 is 8.63 Å². The van der Waals surface area contributed by atoms with Crippen LogP contribution in [0.2, 0.25) is 0 Å². The van der Waals surface area contributed by atoms with Crippen molar-refractivity contribution < 1.29 is 17.9 Å². The van der Waals surface area contributed by atoms with Crippen molar-refractivity contribution in [2.24, 2.45) is 0 Å². The number of allylic oxidation sites excluding steroid dienone is 2. The highest BCUT2D eigenvalue weighted by Crippen LogP contribution is 2.43. The molecule has 4 rings (SSSR count). The Bertz CT molecular complexity index is 1010. The van der Waals surface area contributed by atoms with Crippen LogP contribution in [0.3, 0.4) is 0 Å². The average molecular weight is 535 g/mol. The lowest BCUT2D eigenvalue weighted by atomic mass is 9.86. The third-order valence-electron chi connectivity index (χ3n) is 4.31. The summed E-state index contributed by atoms with van der Waals surface area (Å²) in [6.07, 6.45) is 3.34. The van der Waals surface area contributed by atoms with E-state index in [0.717, 1.165) is 24.6 Å². The molecule has 1 aromatic heterocycles. The van der Waals surface area contributed by atoms with E-state index in [1.807, 2.05) is 18.2 Å². The predicted molar refractivity (Wildman–Crippen MR) is 106 cm³/mol. The fraction of sp³-hybridized carbons (Fsp3) is 0.0625. The second-order valence-corrected chi connectivity index (χ2v) is 8.11. The van der Waals surface area contributed by atoms with E-state index in [0.29, 0.717) is 26.4 Å². The summed E-state index contributed by atoms with van der Waals surface area (Å²) in [4.78, 5) is 0. The van der Waals surface area contributed by atoms with Gasteiger partial charge in [0.25, 0.3) is 0 Å². The minimum atomic E-state index is -4.01. The van der Waals surface area contributed by atoms with Crippen molar-refractivity contribution in [2.45, 2.75) is 0 Å². The number of hydrogen-bond donors (Lipinski definition) is 0. The SMILES string of the molecule is COc1cc(C2=C3C=CC(Br)=[N+]3[B-](F)(F)n3c(Br)ccc32)ccc1Br. The Labute approximate surface area is 168 Å². The van der Waals surface area contributed by atoms with Gasteiger partial charge in [-0.2, -0.15) is 0 Å². The first-order chi connectivity index (χ1) is 11.9. The third-order valence-corrected chi connectivity index (χ3v) is 6.26. The quantitative estimate of drug-likeness (QED) is 0.472. The summed E-state index contributed by atoms with van der Waals surface area (Å²) in [6, 6.07) is 8.92. The van der Waals surface area contributed by atoms with Crippen LogP contribution in [0.25, 0.3) is 5.57 Å². The smallest absolute Gasteiger partial charge is 0.496 e. The summed E-state index contributed by atoms with van der Waals surface area (Å²) in [7, 11) is 1.57. The predicted octanol–water partition coefficient (Wildman–Crippen LogP) is 5.39. The van der Waals surface area contributed by atoms with E-state index in [-0.39, 0.29) is 0 Å². The lowest BCUT2D eigenvalue weighted by Gasteiger charge is -2.32. The number of aromatic nitrogens is 1. The Morgan fingerprint density at radius 3 is 2.56 bits per heavy atom. The topological polar surface area (TPSA) is 17.2 Å². The van der Waals surface area contributed by atoms with Crippen molar-refractivity contribution >= 4 is 65.0 Å². The van der Waals surface area contributed by atoms with Gasteiger partial charge in [-0.15, -0.1) is 0 Å². The molecular formula is C16H10BBr3F2N2O. The van der Waals surface area contributed by atoms with Gasteiger partial charge in [0.15, 0.2) is 5.70 Å². The number of rotatable bonds is 2. The number of benzene rings is 1. The van der Waals surface area contributed by atoms with Crippen LogP contribution in [0.15, 0.2) is 57.3 Å². The Hall–Kier alpha value is -1.19. The van der Waals surface area contributed by atoms with Gasteiger partial charge in [-0.3, -0.25) is 0 Å². The molecular weight excluding hydrogens is 525 g/mol. The molecule has 2 aliphatic heterocycles. The minimum absolute atomic E-state index is 0.334. The number of hydrogen-bond acceptors (Lipinski definition) is 1. The highest BCUT2D eigenvalue weighted by molar-refractivity contribution is 9.18. The molecule has 2 aromatic rings. The van der Waals surface area contributed by atoms with Crippen molar-refractivity contribution in [2.75, 3.05) is 7.11 Å². The molecule has 0 atom stereocenters. The molecule has 0 N–H and O–H groups in total. The Kier molecular flexibility index (Phi) is 4.08. The molecule has 0 fully saturated rings. The van der Waals surface area contributed by atoms with Crippen LogP contribution >= 0.6 is 47.8 Å². The molecule has 0 amide bonds. The Morgan fingerprint density at radius 1 is 1.08 bits per heavy atom. The molecule has 0 saturated heterocycles. The fourth-order valence-electron chi connectivity index (χ4n) is 3.24. The normalized spacial score (nSPS) is 17.8. The second kappa shape index (κ2) is 5.92. The molecule has 0 aliphatic carbocycles. The molecule has 25 heavy (non-hydrogen) atoms. The van der Waals surface area contributed by atoms with Crippen LogP contribution in [0.5, 0.6) is 5.75 Å². The first-order valence-electron chi connectivity index (χ1n) is 7.34. The van der Waals surface area contributed by atoms with Gasteiger partial charge in [0.1, 0.15) is 5.75 Å². The van der Waals surface area contributed by atoms with E-state index in [2.05, 4.69) is 47.8 Å². The van der Waals surface area contributed by atoms with Crippen molar-refractivity contribution in [1.82, 2.24) is 4.48 Å². The molecule has 0 spiro atoms. The molecule has 128 valence electrons. The summed E-state index contributed by atoms with van der Waals surface area (Å²) < 4.78 is 39.2. The summed E-state index contributed by atoms with van der Waals surface area (Å²) >= 11 is 9.94. The van der Waals surface area contributed by atoms with Gasteiger partial charge in [0.2, 0.25) is 4.62 Å².